The minimum Gasteiger partial charge on any atom is -0.508 e. The Morgan fingerprint density at radius 1 is 1.13 bits per heavy atom. The third-order valence-corrected chi connectivity index (χ3v) is 4.32. The zero-order valence-corrected chi connectivity index (χ0v) is 14.0. The smallest absolute Gasteiger partial charge is 0.123 e. The molecule has 0 unspecified atom stereocenters. The van der Waals surface area contributed by atoms with Gasteiger partial charge in [0, 0.05) is 19.2 Å². The van der Waals surface area contributed by atoms with Gasteiger partial charge >= 0.3 is 0 Å². The lowest BCUT2D eigenvalue weighted by atomic mass is 10.1. The van der Waals surface area contributed by atoms with Crippen molar-refractivity contribution in [1.29, 1.82) is 0 Å². The molecule has 1 heterocycles. The van der Waals surface area contributed by atoms with Crippen molar-refractivity contribution in [3.05, 3.63) is 59.4 Å². The van der Waals surface area contributed by atoms with Gasteiger partial charge in [0.05, 0.1) is 17.6 Å². The average Bonchev–Trinajstić information content (AvgIpc) is 2.86. The predicted octanol–water partition coefficient (Wildman–Crippen LogP) is 3.61. The molecule has 0 spiro atoms. The Morgan fingerprint density at radius 3 is 2.65 bits per heavy atom. The van der Waals surface area contributed by atoms with Crippen LogP contribution in [0.3, 0.4) is 0 Å². The largest absolute Gasteiger partial charge is 0.508 e. The molecule has 3 aromatic rings. The van der Waals surface area contributed by atoms with E-state index in [0.29, 0.717) is 12.3 Å². The minimum atomic E-state index is 0.360. The molecule has 0 fully saturated rings. The van der Waals surface area contributed by atoms with Gasteiger partial charge in [0.15, 0.2) is 0 Å². The first-order chi connectivity index (χ1) is 11.1. The van der Waals surface area contributed by atoms with Crippen LogP contribution in [0.5, 0.6) is 5.75 Å². The van der Waals surface area contributed by atoms with Gasteiger partial charge in [-0.15, -0.1) is 0 Å². The van der Waals surface area contributed by atoms with E-state index in [4.69, 9.17) is 4.98 Å². The molecule has 0 saturated heterocycles. The number of phenolic OH excluding ortho intramolecular Hbond substituents is 1. The van der Waals surface area contributed by atoms with Crippen molar-refractivity contribution in [1.82, 2.24) is 14.5 Å². The van der Waals surface area contributed by atoms with Crippen LogP contribution in [0.2, 0.25) is 0 Å². The van der Waals surface area contributed by atoms with Gasteiger partial charge in [-0.2, -0.15) is 0 Å². The van der Waals surface area contributed by atoms with Crippen LogP contribution in [-0.2, 0) is 20.1 Å². The summed E-state index contributed by atoms with van der Waals surface area (Å²) in [6, 6.07) is 13.9. The standard InChI is InChI=1S/C19H23N3O/c1-4-22(12-15-11-14(2)9-10-18(15)23)13-19-20-16-7-5-6-8-17(16)21(19)3/h5-11,23H,4,12-13H2,1-3H3. The summed E-state index contributed by atoms with van der Waals surface area (Å²) in [6.07, 6.45) is 0. The Hall–Kier alpha value is -2.33. The van der Waals surface area contributed by atoms with Crippen molar-refractivity contribution >= 4 is 11.0 Å². The zero-order chi connectivity index (χ0) is 16.4. The van der Waals surface area contributed by atoms with Crippen molar-refractivity contribution in [2.45, 2.75) is 26.9 Å². The SMILES string of the molecule is CCN(Cc1cc(C)ccc1O)Cc1nc2ccccc2n1C. The Morgan fingerprint density at radius 2 is 1.91 bits per heavy atom. The van der Waals surface area contributed by atoms with E-state index in [1.54, 1.807) is 6.07 Å². The second-order valence-corrected chi connectivity index (χ2v) is 6.01. The second kappa shape index (κ2) is 6.42. The highest BCUT2D eigenvalue weighted by molar-refractivity contribution is 5.75. The highest BCUT2D eigenvalue weighted by atomic mass is 16.3. The van der Waals surface area contributed by atoms with E-state index in [2.05, 4.69) is 29.5 Å². The van der Waals surface area contributed by atoms with E-state index >= 15 is 0 Å². The van der Waals surface area contributed by atoms with Gasteiger partial charge in [0.2, 0.25) is 0 Å². The number of imidazole rings is 1. The topological polar surface area (TPSA) is 41.3 Å². The first-order valence-electron chi connectivity index (χ1n) is 7.99. The summed E-state index contributed by atoms with van der Waals surface area (Å²) in [7, 11) is 2.06. The lowest BCUT2D eigenvalue weighted by molar-refractivity contribution is 0.258. The number of hydrogen-bond acceptors (Lipinski definition) is 3. The van der Waals surface area contributed by atoms with Crippen molar-refractivity contribution in [3.8, 4) is 5.75 Å². The number of nitrogens with zero attached hydrogens (tertiary/aromatic N) is 3. The molecule has 23 heavy (non-hydrogen) atoms. The predicted molar refractivity (Wildman–Crippen MR) is 93.3 cm³/mol. The molecule has 0 amide bonds. The normalized spacial score (nSPS) is 11.5. The van der Waals surface area contributed by atoms with Crippen LogP contribution in [0, 0.1) is 6.92 Å². The summed E-state index contributed by atoms with van der Waals surface area (Å²) in [6.45, 7) is 6.55. The maximum Gasteiger partial charge on any atom is 0.123 e. The van der Waals surface area contributed by atoms with E-state index in [1.165, 1.54) is 0 Å². The fourth-order valence-electron chi connectivity index (χ4n) is 2.90. The zero-order valence-electron chi connectivity index (χ0n) is 14.0. The number of aryl methyl sites for hydroxylation is 2. The summed E-state index contributed by atoms with van der Waals surface area (Å²) in [4.78, 5) is 7.03. The van der Waals surface area contributed by atoms with Crippen molar-refractivity contribution < 1.29 is 5.11 Å². The van der Waals surface area contributed by atoms with Crippen molar-refractivity contribution in [2.24, 2.45) is 7.05 Å². The summed E-state index contributed by atoms with van der Waals surface area (Å²) in [5, 5.41) is 10.1. The molecule has 0 atom stereocenters. The molecule has 0 bridgehead atoms. The molecule has 1 N–H and O–H groups in total. The second-order valence-electron chi connectivity index (χ2n) is 6.01. The van der Waals surface area contributed by atoms with Crippen LogP contribution in [0.15, 0.2) is 42.5 Å². The van der Waals surface area contributed by atoms with Gasteiger partial charge < -0.3 is 9.67 Å². The first kappa shape index (κ1) is 15.6. The van der Waals surface area contributed by atoms with Gasteiger partial charge in [-0.05, 0) is 31.7 Å². The van der Waals surface area contributed by atoms with E-state index in [1.807, 2.05) is 37.3 Å². The number of aromatic hydroxyl groups is 1. The number of para-hydroxylation sites is 2. The van der Waals surface area contributed by atoms with E-state index < -0.39 is 0 Å². The maximum absolute atomic E-state index is 10.1. The Bertz CT molecular complexity index is 823. The summed E-state index contributed by atoms with van der Waals surface area (Å²) in [5.74, 6) is 1.40. The number of phenols is 1. The van der Waals surface area contributed by atoms with E-state index in [-0.39, 0.29) is 0 Å². The fourth-order valence-corrected chi connectivity index (χ4v) is 2.90. The molecule has 3 rings (SSSR count). The highest BCUT2D eigenvalue weighted by Crippen LogP contribution is 2.21. The van der Waals surface area contributed by atoms with Gasteiger partial charge in [0.1, 0.15) is 11.6 Å². The average molecular weight is 309 g/mol. The molecule has 0 radical (unpaired) electrons. The number of rotatable bonds is 5. The van der Waals surface area contributed by atoms with Crippen molar-refractivity contribution in [2.75, 3.05) is 6.54 Å². The quantitative estimate of drug-likeness (QED) is 0.783. The summed E-state index contributed by atoms with van der Waals surface area (Å²) in [5.41, 5.74) is 4.30. The third kappa shape index (κ3) is 3.22. The van der Waals surface area contributed by atoms with Gasteiger partial charge in [-0.25, -0.2) is 4.98 Å². The molecule has 120 valence electrons. The molecule has 4 heteroatoms. The highest BCUT2D eigenvalue weighted by Gasteiger charge is 2.13. The van der Waals surface area contributed by atoms with Gasteiger partial charge in [0.25, 0.3) is 0 Å². The van der Waals surface area contributed by atoms with Crippen LogP contribution >= 0.6 is 0 Å². The third-order valence-electron chi connectivity index (χ3n) is 4.32. The Kier molecular flexibility index (Phi) is 4.35. The summed E-state index contributed by atoms with van der Waals surface area (Å²) >= 11 is 0. The van der Waals surface area contributed by atoms with E-state index in [0.717, 1.165) is 41.1 Å². The number of benzene rings is 2. The maximum atomic E-state index is 10.1. The lowest BCUT2D eigenvalue weighted by Gasteiger charge is -2.21. The molecule has 0 aliphatic heterocycles. The van der Waals surface area contributed by atoms with Crippen LogP contribution in [0.4, 0.5) is 0 Å². The minimum absolute atomic E-state index is 0.360. The molecule has 0 saturated carbocycles. The van der Waals surface area contributed by atoms with Crippen LogP contribution in [0.1, 0.15) is 23.9 Å². The molecule has 1 aromatic heterocycles. The fraction of sp³-hybridized carbons (Fsp3) is 0.316. The van der Waals surface area contributed by atoms with Crippen LogP contribution in [-0.4, -0.2) is 26.1 Å². The number of hydrogen-bond donors (Lipinski definition) is 1. The first-order valence-corrected chi connectivity index (χ1v) is 7.99. The molecule has 4 nitrogen and oxygen atoms in total. The lowest BCUT2D eigenvalue weighted by Crippen LogP contribution is -2.24. The van der Waals surface area contributed by atoms with Crippen LogP contribution in [0.25, 0.3) is 11.0 Å². The molecule has 2 aromatic carbocycles. The van der Waals surface area contributed by atoms with E-state index in [9.17, 15) is 5.11 Å². The number of aromatic nitrogens is 2. The molecular weight excluding hydrogens is 286 g/mol. The van der Waals surface area contributed by atoms with Gasteiger partial charge in [-0.1, -0.05) is 36.8 Å². The van der Waals surface area contributed by atoms with Crippen molar-refractivity contribution in [3.63, 3.8) is 0 Å². The Labute approximate surface area is 137 Å². The number of fused-ring (bicyclic) bond motifs is 1. The molecule has 0 aliphatic rings. The Balaban J connectivity index is 1.83. The molecular formula is C19H23N3O. The summed E-state index contributed by atoms with van der Waals surface area (Å²) < 4.78 is 2.15. The monoisotopic (exact) mass is 309 g/mol. The van der Waals surface area contributed by atoms with Crippen LogP contribution < -0.4 is 0 Å². The van der Waals surface area contributed by atoms with Gasteiger partial charge in [-0.3, -0.25) is 4.90 Å². The molecule has 0 aliphatic carbocycles.